The second-order valence-corrected chi connectivity index (χ2v) is 8.97. The largest absolute Gasteiger partial charge is 0.444 e. The van der Waals surface area contributed by atoms with Crippen LogP contribution < -0.4 is 0 Å². The second kappa shape index (κ2) is 6.56. The van der Waals surface area contributed by atoms with Crippen LogP contribution in [0.2, 0.25) is 0 Å². The maximum atomic E-state index is 13.3. The Balaban J connectivity index is 1.85. The van der Waals surface area contributed by atoms with E-state index in [0.29, 0.717) is 0 Å². The van der Waals surface area contributed by atoms with Crippen molar-refractivity contribution in [2.75, 3.05) is 0 Å². The number of ether oxygens (including phenoxy) is 1. The molecule has 0 spiro atoms. The number of fused-ring (bicyclic) bond motifs is 4. The third-order valence-electron chi connectivity index (χ3n) is 5.92. The third kappa shape index (κ3) is 2.68. The van der Waals surface area contributed by atoms with Gasteiger partial charge in [-0.2, -0.15) is 0 Å². The molecule has 4 aromatic carbocycles. The molecule has 0 aromatic heterocycles. The summed E-state index contributed by atoms with van der Waals surface area (Å²) < 4.78 is 6.51. The van der Waals surface area contributed by atoms with Crippen LogP contribution >= 0.6 is 0 Å². The van der Waals surface area contributed by atoms with E-state index in [2.05, 4.69) is 54.6 Å². The van der Waals surface area contributed by atoms with Gasteiger partial charge in [0.05, 0.1) is 5.41 Å². The van der Waals surface area contributed by atoms with Crippen LogP contribution in [0.4, 0.5) is 0 Å². The summed E-state index contributed by atoms with van der Waals surface area (Å²) in [5.41, 5.74) is 3.64. The van der Waals surface area contributed by atoms with E-state index in [-0.39, 0.29) is 5.97 Å². The fourth-order valence-corrected chi connectivity index (χ4v) is 4.38. The highest BCUT2D eigenvalue weighted by Crippen LogP contribution is 2.54. The minimum absolute atomic E-state index is 0.220. The Morgan fingerprint density at radius 1 is 0.700 bits per heavy atom. The lowest BCUT2D eigenvalue weighted by atomic mass is 9.82. The Bertz CT molecular complexity index is 1230. The maximum absolute atomic E-state index is 13.3. The Labute approximate surface area is 177 Å². The SMILES string of the molecule is CC(C)(C)C(=O)OC1(c2ccc3ccccc3c2)c2ccccc2-c2ccccc21. The Morgan fingerprint density at radius 3 is 1.83 bits per heavy atom. The molecular formula is C28H24O2. The lowest BCUT2D eigenvalue weighted by molar-refractivity contribution is -0.162. The first-order valence-electron chi connectivity index (χ1n) is 10.3. The molecule has 0 N–H and O–H groups in total. The third-order valence-corrected chi connectivity index (χ3v) is 5.92. The average Bonchev–Trinajstić information content (AvgIpc) is 3.04. The number of benzene rings is 4. The van der Waals surface area contributed by atoms with E-state index in [0.717, 1.165) is 38.6 Å². The topological polar surface area (TPSA) is 26.3 Å². The molecule has 30 heavy (non-hydrogen) atoms. The van der Waals surface area contributed by atoms with E-state index < -0.39 is 11.0 Å². The van der Waals surface area contributed by atoms with Crippen LogP contribution in [0, 0.1) is 5.41 Å². The molecule has 0 fully saturated rings. The highest BCUT2D eigenvalue weighted by Gasteiger charge is 2.49. The van der Waals surface area contributed by atoms with Crippen molar-refractivity contribution in [1.29, 1.82) is 0 Å². The van der Waals surface area contributed by atoms with Gasteiger partial charge in [0.25, 0.3) is 0 Å². The summed E-state index contributed by atoms with van der Waals surface area (Å²) in [6.45, 7) is 5.70. The van der Waals surface area contributed by atoms with Gasteiger partial charge < -0.3 is 4.74 Å². The Morgan fingerprint density at radius 2 is 1.23 bits per heavy atom. The van der Waals surface area contributed by atoms with Crippen molar-refractivity contribution in [2.45, 2.75) is 26.4 Å². The fraction of sp³-hybridized carbons (Fsp3) is 0.179. The number of hydrogen-bond acceptors (Lipinski definition) is 2. The molecule has 0 saturated heterocycles. The molecule has 148 valence electrons. The van der Waals surface area contributed by atoms with E-state index in [1.807, 2.05) is 57.2 Å². The normalized spacial score (nSPS) is 14.2. The van der Waals surface area contributed by atoms with Gasteiger partial charge in [0.15, 0.2) is 5.60 Å². The van der Waals surface area contributed by atoms with Gasteiger partial charge in [-0.3, -0.25) is 4.79 Å². The molecule has 1 aliphatic carbocycles. The molecule has 0 atom stereocenters. The predicted octanol–water partition coefficient (Wildman–Crippen LogP) is 6.70. The number of carbonyl (C=O) groups is 1. The zero-order valence-electron chi connectivity index (χ0n) is 17.5. The summed E-state index contributed by atoms with van der Waals surface area (Å²) in [6, 6.07) is 31.2. The molecule has 0 unspecified atom stereocenters. The minimum Gasteiger partial charge on any atom is -0.444 e. The van der Waals surface area contributed by atoms with Crippen molar-refractivity contribution < 1.29 is 9.53 Å². The van der Waals surface area contributed by atoms with Crippen molar-refractivity contribution in [1.82, 2.24) is 0 Å². The van der Waals surface area contributed by atoms with Crippen molar-refractivity contribution in [3.8, 4) is 11.1 Å². The first-order valence-corrected chi connectivity index (χ1v) is 10.3. The van der Waals surface area contributed by atoms with E-state index in [4.69, 9.17) is 4.74 Å². The predicted molar refractivity (Wildman–Crippen MR) is 121 cm³/mol. The van der Waals surface area contributed by atoms with Crippen molar-refractivity contribution >= 4 is 16.7 Å². The average molecular weight is 392 g/mol. The quantitative estimate of drug-likeness (QED) is 0.355. The van der Waals surface area contributed by atoms with Gasteiger partial charge >= 0.3 is 5.97 Å². The number of carbonyl (C=O) groups excluding carboxylic acids is 1. The summed E-state index contributed by atoms with van der Waals surface area (Å²) in [7, 11) is 0. The standard InChI is InChI=1S/C28H24O2/c1-27(2,3)26(29)30-28(21-17-16-19-10-4-5-11-20(19)18-21)24-14-8-6-12-22(24)23-13-7-9-15-25(23)28/h4-18H,1-3H3. The Kier molecular flexibility index (Phi) is 4.08. The lowest BCUT2D eigenvalue weighted by Gasteiger charge is -2.35. The number of hydrogen-bond donors (Lipinski definition) is 0. The van der Waals surface area contributed by atoms with Crippen LogP contribution in [-0.4, -0.2) is 5.97 Å². The molecule has 5 rings (SSSR count). The first-order chi connectivity index (χ1) is 14.4. The molecule has 0 bridgehead atoms. The lowest BCUT2D eigenvalue weighted by Crippen LogP contribution is -2.37. The summed E-state index contributed by atoms with van der Waals surface area (Å²) >= 11 is 0. The highest BCUT2D eigenvalue weighted by atomic mass is 16.6. The van der Waals surface area contributed by atoms with Crippen molar-refractivity contribution in [3.63, 3.8) is 0 Å². The fourth-order valence-electron chi connectivity index (χ4n) is 4.38. The molecule has 0 radical (unpaired) electrons. The number of rotatable bonds is 2. The molecule has 2 heteroatoms. The van der Waals surface area contributed by atoms with Crippen LogP contribution in [0.1, 0.15) is 37.5 Å². The summed E-state index contributed by atoms with van der Waals surface area (Å²) in [5.74, 6) is -0.220. The zero-order valence-corrected chi connectivity index (χ0v) is 17.5. The molecule has 0 aliphatic heterocycles. The van der Waals surface area contributed by atoms with Crippen LogP contribution in [0.25, 0.3) is 21.9 Å². The highest BCUT2D eigenvalue weighted by molar-refractivity contribution is 5.88. The Hall–Kier alpha value is -3.39. The molecule has 1 aliphatic rings. The van der Waals surface area contributed by atoms with Gasteiger partial charge in [-0.25, -0.2) is 0 Å². The van der Waals surface area contributed by atoms with Gasteiger partial charge in [0.2, 0.25) is 0 Å². The van der Waals surface area contributed by atoms with E-state index >= 15 is 0 Å². The summed E-state index contributed by atoms with van der Waals surface area (Å²) in [5, 5.41) is 2.29. The van der Waals surface area contributed by atoms with Crippen molar-refractivity contribution in [2.24, 2.45) is 5.41 Å². The van der Waals surface area contributed by atoms with Gasteiger partial charge in [-0.05, 0) is 48.7 Å². The van der Waals surface area contributed by atoms with Gasteiger partial charge in [0.1, 0.15) is 0 Å². The van der Waals surface area contributed by atoms with Crippen molar-refractivity contribution in [3.05, 3.63) is 108 Å². The number of esters is 1. The van der Waals surface area contributed by atoms with E-state index in [1.54, 1.807) is 0 Å². The molecular weight excluding hydrogens is 368 g/mol. The van der Waals surface area contributed by atoms with Crippen LogP contribution in [0.3, 0.4) is 0 Å². The molecule has 0 amide bonds. The van der Waals surface area contributed by atoms with Gasteiger partial charge in [-0.1, -0.05) is 84.9 Å². The van der Waals surface area contributed by atoms with E-state index in [1.165, 1.54) is 0 Å². The maximum Gasteiger partial charge on any atom is 0.312 e. The molecule has 2 nitrogen and oxygen atoms in total. The van der Waals surface area contributed by atoms with E-state index in [9.17, 15) is 4.79 Å². The van der Waals surface area contributed by atoms with Crippen LogP contribution in [0.15, 0.2) is 91.0 Å². The van der Waals surface area contributed by atoms with Crippen LogP contribution in [-0.2, 0) is 15.1 Å². The second-order valence-electron chi connectivity index (χ2n) is 8.97. The van der Waals surface area contributed by atoms with Gasteiger partial charge in [0, 0.05) is 16.7 Å². The smallest absolute Gasteiger partial charge is 0.312 e. The summed E-state index contributed by atoms with van der Waals surface area (Å²) in [6.07, 6.45) is 0. The molecule has 0 saturated carbocycles. The minimum atomic E-state index is -0.971. The molecule has 4 aromatic rings. The zero-order chi connectivity index (χ0) is 20.9. The molecule has 0 heterocycles. The first kappa shape index (κ1) is 18.6. The monoisotopic (exact) mass is 392 g/mol. The summed E-state index contributed by atoms with van der Waals surface area (Å²) in [4.78, 5) is 13.3. The van der Waals surface area contributed by atoms with Crippen LogP contribution in [0.5, 0.6) is 0 Å². The van der Waals surface area contributed by atoms with Gasteiger partial charge in [-0.15, -0.1) is 0 Å².